The Hall–Kier alpha value is -4.60. The standard InChI is InChI=1S/C39H31BrN2/c1-39(2)37-16-10-9-15-35(37)36-26-25-34(27-38(36)39)42(31-19-17-28(40)18-20-31)33-23-21-32(22-24-33)41(29-11-5-3-6-12-29)30-13-7-4-8-14-30/h3-27H,1-2H3. The highest BCUT2D eigenvalue weighted by molar-refractivity contribution is 9.10. The summed E-state index contributed by atoms with van der Waals surface area (Å²) in [4.78, 5) is 4.65. The number of rotatable bonds is 6. The fourth-order valence-electron chi connectivity index (χ4n) is 6.22. The van der Waals surface area contributed by atoms with Crippen molar-refractivity contribution in [3.63, 3.8) is 0 Å². The summed E-state index contributed by atoms with van der Waals surface area (Å²) in [5.41, 5.74) is 12.1. The molecule has 7 rings (SSSR count). The fourth-order valence-corrected chi connectivity index (χ4v) is 6.49. The van der Waals surface area contributed by atoms with Gasteiger partial charge in [-0.15, -0.1) is 0 Å². The molecule has 6 aromatic carbocycles. The molecular formula is C39H31BrN2. The molecule has 3 heteroatoms. The van der Waals surface area contributed by atoms with Gasteiger partial charge in [-0.05, 0) is 107 Å². The van der Waals surface area contributed by atoms with Crippen LogP contribution in [-0.4, -0.2) is 0 Å². The van der Waals surface area contributed by atoms with E-state index in [9.17, 15) is 0 Å². The zero-order valence-electron chi connectivity index (χ0n) is 23.7. The van der Waals surface area contributed by atoms with Crippen LogP contribution in [0, 0.1) is 0 Å². The lowest BCUT2D eigenvalue weighted by Crippen LogP contribution is -2.16. The van der Waals surface area contributed by atoms with Crippen LogP contribution in [0.5, 0.6) is 0 Å². The summed E-state index contributed by atoms with van der Waals surface area (Å²) in [6.07, 6.45) is 0. The van der Waals surface area contributed by atoms with Crippen molar-refractivity contribution >= 4 is 50.1 Å². The average molecular weight is 608 g/mol. The molecule has 0 bridgehead atoms. The van der Waals surface area contributed by atoms with Gasteiger partial charge in [0.25, 0.3) is 0 Å². The summed E-state index contributed by atoms with van der Waals surface area (Å²) in [6, 6.07) is 54.3. The van der Waals surface area contributed by atoms with Crippen LogP contribution < -0.4 is 9.80 Å². The third-order valence-electron chi connectivity index (χ3n) is 8.30. The van der Waals surface area contributed by atoms with E-state index in [1.54, 1.807) is 0 Å². The van der Waals surface area contributed by atoms with E-state index in [1.165, 1.54) is 22.3 Å². The average Bonchev–Trinajstić information content (AvgIpc) is 3.26. The van der Waals surface area contributed by atoms with Gasteiger partial charge in [0.2, 0.25) is 0 Å². The molecule has 0 atom stereocenters. The van der Waals surface area contributed by atoms with Gasteiger partial charge in [-0.1, -0.05) is 96.5 Å². The van der Waals surface area contributed by atoms with Crippen molar-refractivity contribution in [1.29, 1.82) is 0 Å². The van der Waals surface area contributed by atoms with Gasteiger partial charge in [0, 0.05) is 44.0 Å². The number of hydrogen-bond donors (Lipinski definition) is 0. The third-order valence-corrected chi connectivity index (χ3v) is 8.83. The van der Waals surface area contributed by atoms with Crippen LogP contribution in [0.1, 0.15) is 25.0 Å². The van der Waals surface area contributed by atoms with Crippen LogP contribution in [0.3, 0.4) is 0 Å². The molecule has 0 radical (unpaired) electrons. The molecule has 0 aliphatic heterocycles. The molecule has 42 heavy (non-hydrogen) atoms. The van der Waals surface area contributed by atoms with Crippen LogP contribution in [-0.2, 0) is 5.41 Å². The quantitative estimate of drug-likeness (QED) is 0.186. The van der Waals surface area contributed by atoms with E-state index >= 15 is 0 Å². The first kappa shape index (κ1) is 26.3. The summed E-state index contributed by atoms with van der Waals surface area (Å²) >= 11 is 3.62. The molecule has 0 fully saturated rings. The number of benzene rings is 6. The van der Waals surface area contributed by atoms with E-state index in [1.807, 2.05) is 0 Å². The van der Waals surface area contributed by atoms with Crippen LogP contribution in [0.2, 0.25) is 0 Å². The second-order valence-electron chi connectivity index (χ2n) is 11.2. The summed E-state index contributed by atoms with van der Waals surface area (Å²) < 4.78 is 1.06. The zero-order valence-corrected chi connectivity index (χ0v) is 25.3. The highest BCUT2D eigenvalue weighted by Crippen LogP contribution is 2.50. The number of para-hydroxylation sites is 2. The van der Waals surface area contributed by atoms with Gasteiger partial charge in [0.05, 0.1) is 0 Å². The highest BCUT2D eigenvalue weighted by Gasteiger charge is 2.35. The van der Waals surface area contributed by atoms with E-state index in [0.717, 1.165) is 38.6 Å². The number of hydrogen-bond acceptors (Lipinski definition) is 2. The van der Waals surface area contributed by atoms with Gasteiger partial charge in [-0.2, -0.15) is 0 Å². The van der Waals surface area contributed by atoms with Crippen molar-refractivity contribution in [2.24, 2.45) is 0 Å². The minimum atomic E-state index is -0.0664. The van der Waals surface area contributed by atoms with E-state index < -0.39 is 0 Å². The summed E-state index contributed by atoms with van der Waals surface area (Å²) in [5, 5.41) is 0. The maximum Gasteiger partial charge on any atom is 0.0465 e. The Morgan fingerprint density at radius 2 is 0.810 bits per heavy atom. The van der Waals surface area contributed by atoms with Crippen LogP contribution in [0.15, 0.2) is 156 Å². The summed E-state index contributed by atoms with van der Waals surface area (Å²) in [7, 11) is 0. The Kier molecular flexibility index (Phi) is 6.68. The molecular weight excluding hydrogens is 576 g/mol. The van der Waals surface area contributed by atoms with Crippen LogP contribution >= 0.6 is 15.9 Å². The Labute approximate surface area is 256 Å². The second-order valence-corrected chi connectivity index (χ2v) is 12.2. The Balaban J connectivity index is 1.33. The highest BCUT2D eigenvalue weighted by atomic mass is 79.9. The minimum Gasteiger partial charge on any atom is -0.311 e. The first-order valence-corrected chi connectivity index (χ1v) is 15.1. The first-order chi connectivity index (χ1) is 20.5. The second kappa shape index (κ2) is 10.7. The van der Waals surface area contributed by atoms with Gasteiger partial charge in [0.1, 0.15) is 0 Å². The number of nitrogens with zero attached hydrogens (tertiary/aromatic N) is 2. The molecule has 0 amide bonds. The van der Waals surface area contributed by atoms with Gasteiger partial charge < -0.3 is 9.80 Å². The van der Waals surface area contributed by atoms with Crippen molar-refractivity contribution in [1.82, 2.24) is 0 Å². The molecule has 1 aliphatic carbocycles. The topological polar surface area (TPSA) is 6.48 Å². The zero-order chi connectivity index (χ0) is 28.7. The van der Waals surface area contributed by atoms with Crippen LogP contribution in [0.4, 0.5) is 34.1 Å². The molecule has 204 valence electrons. The maximum absolute atomic E-state index is 3.62. The normalized spacial score (nSPS) is 12.8. The van der Waals surface area contributed by atoms with Crippen molar-refractivity contribution in [2.45, 2.75) is 19.3 Å². The third kappa shape index (κ3) is 4.60. The molecule has 0 spiro atoms. The van der Waals surface area contributed by atoms with Gasteiger partial charge in [-0.3, -0.25) is 0 Å². The van der Waals surface area contributed by atoms with Gasteiger partial charge >= 0.3 is 0 Å². The number of fused-ring (bicyclic) bond motifs is 3. The van der Waals surface area contributed by atoms with Crippen molar-refractivity contribution < 1.29 is 0 Å². The Morgan fingerprint density at radius 3 is 1.38 bits per heavy atom. The number of halogens is 1. The van der Waals surface area contributed by atoms with E-state index in [-0.39, 0.29) is 5.41 Å². The molecule has 0 saturated heterocycles. The van der Waals surface area contributed by atoms with Crippen molar-refractivity contribution in [3.8, 4) is 11.1 Å². The smallest absolute Gasteiger partial charge is 0.0465 e. The van der Waals surface area contributed by atoms with E-state index in [2.05, 4.69) is 191 Å². The lowest BCUT2D eigenvalue weighted by atomic mass is 9.82. The van der Waals surface area contributed by atoms with E-state index in [4.69, 9.17) is 0 Å². The predicted molar refractivity (Wildman–Crippen MR) is 181 cm³/mol. The SMILES string of the molecule is CC1(C)c2ccccc2-c2ccc(N(c3ccc(Br)cc3)c3ccc(N(c4ccccc4)c4ccccc4)cc3)cc21. The predicted octanol–water partition coefficient (Wildman–Crippen LogP) is 11.7. The van der Waals surface area contributed by atoms with Gasteiger partial charge in [0.15, 0.2) is 0 Å². The first-order valence-electron chi connectivity index (χ1n) is 14.3. The lowest BCUT2D eigenvalue weighted by Gasteiger charge is -2.29. The molecule has 0 heterocycles. The molecule has 2 nitrogen and oxygen atoms in total. The molecule has 0 aromatic heterocycles. The number of anilines is 6. The summed E-state index contributed by atoms with van der Waals surface area (Å²) in [5.74, 6) is 0. The largest absolute Gasteiger partial charge is 0.311 e. The fraction of sp³-hybridized carbons (Fsp3) is 0.0769. The Bertz CT molecular complexity index is 1800. The monoisotopic (exact) mass is 606 g/mol. The molecule has 1 aliphatic rings. The Morgan fingerprint density at radius 1 is 0.405 bits per heavy atom. The maximum atomic E-state index is 3.62. The molecule has 0 unspecified atom stereocenters. The van der Waals surface area contributed by atoms with E-state index in [0.29, 0.717) is 0 Å². The van der Waals surface area contributed by atoms with Crippen molar-refractivity contribution in [3.05, 3.63) is 167 Å². The molecule has 6 aromatic rings. The molecule has 0 saturated carbocycles. The van der Waals surface area contributed by atoms with Crippen LogP contribution in [0.25, 0.3) is 11.1 Å². The summed E-state index contributed by atoms with van der Waals surface area (Å²) in [6.45, 7) is 4.67. The minimum absolute atomic E-state index is 0.0664. The van der Waals surface area contributed by atoms with Crippen molar-refractivity contribution in [2.75, 3.05) is 9.80 Å². The molecule has 0 N–H and O–H groups in total. The lowest BCUT2D eigenvalue weighted by molar-refractivity contribution is 0.660. The van der Waals surface area contributed by atoms with Gasteiger partial charge in [-0.25, -0.2) is 0 Å².